The van der Waals surface area contributed by atoms with E-state index in [9.17, 15) is 4.79 Å². The van der Waals surface area contributed by atoms with Gasteiger partial charge in [0.15, 0.2) is 11.5 Å². The van der Waals surface area contributed by atoms with Crippen LogP contribution in [0.1, 0.15) is 25.7 Å². The number of para-hydroxylation sites is 2. The molecule has 1 aromatic carbocycles. The third-order valence-electron chi connectivity index (χ3n) is 3.86. The van der Waals surface area contributed by atoms with Gasteiger partial charge >= 0.3 is 0 Å². The maximum absolute atomic E-state index is 12.3. The highest BCUT2D eigenvalue weighted by Crippen LogP contribution is 2.26. The topological polar surface area (TPSA) is 64.8 Å². The van der Waals surface area contributed by atoms with Crippen molar-refractivity contribution in [2.45, 2.75) is 31.7 Å². The van der Waals surface area contributed by atoms with Crippen molar-refractivity contribution in [1.82, 2.24) is 4.90 Å². The van der Waals surface area contributed by atoms with Crippen molar-refractivity contribution in [2.24, 2.45) is 5.73 Å². The summed E-state index contributed by atoms with van der Waals surface area (Å²) in [7, 11) is 1.60. The Labute approximate surface area is 126 Å². The Hall–Kier alpha value is -1.75. The van der Waals surface area contributed by atoms with Crippen molar-refractivity contribution in [1.29, 1.82) is 0 Å². The van der Waals surface area contributed by atoms with Crippen molar-refractivity contribution in [3.63, 3.8) is 0 Å². The highest BCUT2D eigenvalue weighted by molar-refractivity contribution is 5.76. The molecule has 2 rings (SSSR count). The van der Waals surface area contributed by atoms with Crippen molar-refractivity contribution < 1.29 is 14.3 Å². The van der Waals surface area contributed by atoms with Gasteiger partial charge in [0, 0.05) is 19.1 Å². The van der Waals surface area contributed by atoms with Gasteiger partial charge < -0.3 is 20.1 Å². The molecule has 0 aliphatic carbocycles. The van der Waals surface area contributed by atoms with Crippen LogP contribution in [-0.4, -0.2) is 43.7 Å². The molecule has 1 aliphatic rings. The summed E-state index contributed by atoms with van der Waals surface area (Å²) in [6.45, 7) is 1.71. The molecular weight excluding hydrogens is 268 g/mol. The Morgan fingerprint density at radius 1 is 1.33 bits per heavy atom. The van der Waals surface area contributed by atoms with Gasteiger partial charge in [0.1, 0.15) is 0 Å². The van der Waals surface area contributed by atoms with Crippen LogP contribution in [0, 0.1) is 0 Å². The van der Waals surface area contributed by atoms with Crippen LogP contribution in [0.4, 0.5) is 0 Å². The quantitative estimate of drug-likeness (QED) is 0.868. The van der Waals surface area contributed by atoms with E-state index < -0.39 is 0 Å². The Morgan fingerprint density at radius 3 is 2.81 bits per heavy atom. The number of hydrogen-bond acceptors (Lipinski definition) is 4. The van der Waals surface area contributed by atoms with E-state index in [1.807, 2.05) is 29.2 Å². The average Bonchev–Trinajstić information content (AvgIpc) is 2.55. The highest BCUT2D eigenvalue weighted by atomic mass is 16.5. The predicted octanol–water partition coefficient (Wildman–Crippen LogP) is 1.80. The second-order valence-electron chi connectivity index (χ2n) is 5.22. The van der Waals surface area contributed by atoms with Gasteiger partial charge in [-0.25, -0.2) is 0 Å². The van der Waals surface area contributed by atoms with Gasteiger partial charge in [-0.3, -0.25) is 4.79 Å². The molecule has 21 heavy (non-hydrogen) atoms. The summed E-state index contributed by atoms with van der Waals surface area (Å²) in [4.78, 5) is 14.2. The first-order chi connectivity index (χ1) is 10.3. The monoisotopic (exact) mass is 292 g/mol. The summed E-state index contributed by atoms with van der Waals surface area (Å²) in [5.41, 5.74) is 5.75. The van der Waals surface area contributed by atoms with Crippen LogP contribution >= 0.6 is 0 Å². The van der Waals surface area contributed by atoms with Crippen LogP contribution < -0.4 is 15.2 Å². The minimum atomic E-state index is 0.125. The Morgan fingerprint density at radius 2 is 2.10 bits per heavy atom. The molecule has 1 aliphatic heterocycles. The van der Waals surface area contributed by atoms with Crippen LogP contribution in [0.5, 0.6) is 11.5 Å². The standard InChI is InChI=1S/C16H24N2O3/c1-20-14-7-2-3-8-15(14)21-11-9-16(19)18-10-5-4-6-13(18)12-17/h2-3,7-8,13H,4-6,9-12,17H2,1H3. The average molecular weight is 292 g/mol. The van der Waals surface area contributed by atoms with Gasteiger partial charge in [0.05, 0.1) is 20.1 Å². The summed E-state index contributed by atoms with van der Waals surface area (Å²) < 4.78 is 10.9. The molecule has 1 aromatic rings. The van der Waals surface area contributed by atoms with E-state index in [-0.39, 0.29) is 11.9 Å². The smallest absolute Gasteiger partial charge is 0.226 e. The minimum absolute atomic E-state index is 0.125. The molecule has 1 heterocycles. The Kier molecular flexibility index (Phi) is 5.87. The summed E-state index contributed by atoms with van der Waals surface area (Å²) in [6.07, 6.45) is 3.60. The molecule has 1 saturated heterocycles. The number of piperidine rings is 1. The summed E-state index contributed by atoms with van der Waals surface area (Å²) in [5.74, 6) is 1.48. The first-order valence-electron chi connectivity index (χ1n) is 7.51. The molecule has 1 unspecified atom stereocenters. The van der Waals surface area contributed by atoms with Gasteiger partial charge in [0.25, 0.3) is 0 Å². The third kappa shape index (κ3) is 4.11. The lowest BCUT2D eigenvalue weighted by Gasteiger charge is -2.35. The van der Waals surface area contributed by atoms with Crippen LogP contribution in [-0.2, 0) is 4.79 Å². The van der Waals surface area contributed by atoms with Crippen molar-refractivity contribution in [3.05, 3.63) is 24.3 Å². The largest absolute Gasteiger partial charge is 0.493 e. The van der Waals surface area contributed by atoms with E-state index in [1.54, 1.807) is 7.11 Å². The second-order valence-corrected chi connectivity index (χ2v) is 5.22. The fourth-order valence-corrected chi connectivity index (χ4v) is 2.70. The lowest BCUT2D eigenvalue weighted by atomic mass is 10.0. The molecule has 5 nitrogen and oxygen atoms in total. The van der Waals surface area contributed by atoms with Crippen LogP contribution in [0.2, 0.25) is 0 Å². The first kappa shape index (κ1) is 15.6. The molecule has 2 N–H and O–H groups in total. The summed E-state index contributed by atoms with van der Waals surface area (Å²) >= 11 is 0. The molecule has 1 amide bonds. The summed E-state index contributed by atoms with van der Waals surface area (Å²) in [5, 5.41) is 0. The second kappa shape index (κ2) is 7.88. The molecule has 1 fully saturated rings. The van der Waals surface area contributed by atoms with Gasteiger partial charge in [0.2, 0.25) is 5.91 Å². The fourth-order valence-electron chi connectivity index (χ4n) is 2.70. The van der Waals surface area contributed by atoms with Gasteiger partial charge in [-0.2, -0.15) is 0 Å². The van der Waals surface area contributed by atoms with Crippen LogP contribution in [0.3, 0.4) is 0 Å². The molecule has 5 heteroatoms. The SMILES string of the molecule is COc1ccccc1OCCC(=O)N1CCCCC1CN. The molecule has 1 atom stereocenters. The van der Waals surface area contributed by atoms with E-state index in [0.717, 1.165) is 25.8 Å². The Bertz CT molecular complexity index is 465. The van der Waals surface area contributed by atoms with E-state index in [1.165, 1.54) is 0 Å². The zero-order valence-corrected chi connectivity index (χ0v) is 12.6. The number of ether oxygens (including phenoxy) is 2. The van der Waals surface area contributed by atoms with E-state index in [2.05, 4.69) is 0 Å². The lowest BCUT2D eigenvalue weighted by molar-refractivity contribution is -0.135. The lowest BCUT2D eigenvalue weighted by Crippen LogP contribution is -2.47. The number of amides is 1. The molecule has 0 radical (unpaired) electrons. The normalized spacial score (nSPS) is 18.4. The molecule has 0 spiro atoms. The number of methoxy groups -OCH3 is 1. The predicted molar refractivity (Wildman–Crippen MR) is 81.5 cm³/mol. The van der Waals surface area contributed by atoms with Crippen LogP contribution in [0.15, 0.2) is 24.3 Å². The van der Waals surface area contributed by atoms with Gasteiger partial charge in [-0.1, -0.05) is 12.1 Å². The van der Waals surface area contributed by atoms with Crippen molar-refractivity contribution in [2.75, 3.05) is 26.8 Å². The molecule has 0 aromatic heterocycles. The van der Waals surface area contributed by atoms with E-state index in [0.29, 0.717) is 31.1 Å². The zero-order chi connectivity index (χ0) is 15.1. The fraction of sp³-hybridized carbons (Fsp3) is 0.562. The summed E-state index contributed by atoms with van der Waals surface area (Å²) in [6, 6.07) is 7.64. The highest BCUT2D eigenvalue weighted by Gasteiger charge is 2.25. The Balaban J connectivity index is 1.83. The van der Waals surface area contributed by atoms with E-state index in [4.69, 9.17) is 15.2 Å². The number of nitrogens with two attached hydrogens (primary N) is 1. The molecule has 0 saturated carbocycles. The third-order valence-corrected chi connectivity index (χ3v) is 3.86. The molecule has 116 valence electrons. The number of nitrogens with zero attached hydrogens (tertiary/aromatic N) is 1. The number of carbonyl (C=O) groups excluding carboxylic acids is 1. The maximum Gasteiger partial charge on any atom is 0.226 e. The molecule has 0 bridgehead atoms. The van der Waals surface area contributed by atoms with Gasteiger partial charge in [-0.05, 0) is 31.4 Å². The maximum atomic E-state index is 12.3. The van der Waals surface area contributed by atoms with E-state index >= 15 is 0 Å². The first-order valence-corrected chi connectivity index (χ1v) is 7.51. The number of carbonyl (C=O) groups is 1. The zero-order valence-electron chi connectivity index (χ0n) is 12.6. The van der Waals surface area contributed by atoms with Crippen molar-refractivity contribution >= 4 is 5.91 Å². The minimum Gasteiger partial charge on any atom is -0.493 e. The number of rotatable bonds is 6. The number of benzene rings is 1. The molecular formula is C16H24N2O3. The van der Waals surface area contributed by atoms with Gasteiger partial charge in [-0.15, -0.1) is 0 Å². The number of hydrogen-bond donors (Lipinski definition) is 1. The number of likely N-dealkylation sites (tertiary alicyclic amines) is 1. The van der Waals surface area contributed by atoms with Crippen molar-refractivity contribution in [3.8, 4) is 11.5 Å². The van der Waals surface area contributed by atoms with Crippen LogP contribution in [0.25, 0.3) is 0 Å².